The predicted octanol–water partition coefficient (Wildman–Crippen LogP) is 14.8. The minimum atomic E-state index is -0.618. The van der Waals surface area contributed by atoms with Crippen LogP contribution in [-0.4, -0.2) is 0 Å². The zero-order valence-electron chi connectivity index (χ0n) is 32.3. The van der Waals surface area contributed by atoms with E-state index in [1.54, 1.807) is 6.08 Å². The number of allylic oxidation sites excluding steroid dienone is 5. The van der Waals surface area contributed by atoms with Crippen molar-refractivity contribution >= 4 is 17.1 Å². The Morgan fingerprint density at radius 1 is 0.431 bits per heavy atom. The molecule has 278 valence electrons. The van der Waals surface area contributed by atoms with E-state index in [-0.39, 0.29) is 0 Å². The molecular weight excluding hydrogens is 703 g/mol. The lowest BCUT2D eigenvalue weighted by Crippen LogP contribution is -2.34. The van der Waals surface area contributed by atoms with Crippen molar-refractivity contribution in [2.45, 2.75) is 11.8 Å². The van der Waals surface area contributed by atoms with E-state index >= 15 is 0 Å². The molecule has 1 aliphatic rings. The van der Waals surface area contributed by atoms with Gasteiger partial charge in [-0.1, -0.05) is 195 Å². The smallest absolute Gasteiger partial charge is 0.132 e. The number of nitrogens with zero attached hydrogens (tertiary/aromatic N) is 1. The van der Waals surface area contributed by atoms with E-state index in [1.807, 2.05) is 12.2 Å². The van der Waals surface area contributed by atoms with Gasteiger partial charge in [-0.3, -0.25) is 0 Å². The highest BCUT2D eigenvalue weighted by molar-refractivity contribution is 5.82. The molecule has 1 aliphatic heterocycles. The summed E-state index contributed by atoms with van der Waals surface area (Å²) < 4.78 is 6.61. The van der Waals surface area contributed by atoms with Crippen LogP contribution in [0.2, 0.25) is 0 Å². The molecule has 0 aliphatic carbocycles. The van der Waals surface area contributed by atoms with Gasteiger partial charge in [-0.15, -0.1) is 0 Å². The number of anilines is 3. The average Bonchev–Trinajstić information content (AvgIpc) is 3.30. The number of benzene rings is 8. The first kappa shape index (κ1) is 36.2. The normalized spacial score (nSPS) is 12.8. The lowest BCUT2D eigenvalue weighted by Gasteiger charge is -2.42. The first-order valence-corrected chi connectivity index (χ1v) is 19.8. The molecule has 0 aromatic heterocycles. The van der Waals surface area contributed by atoms with Gasteiger partial charge in [-0.05, 0) is 93.9 Å². The Kier molecular flexibility index (Phi) is 10.2. The molecule has 0 N–H and O–H groups in total. The molecule has 0 saturated carbocycles. The maximum Gasteiger partial charge on any atom is 0.132 e. The van der Waals surface area contributed by atoms with E-state index in [0.29, 0.717) is 0 Å². The van der Waals surface area contributed by atoms with Crippen LogP contribution in [-0.2, 0) is 11.8 Å². The van der Waals surface area contributed by atoms with Gasteiger partial charge >= 0.3 is 0 Å². The third kappa shape index (κ3) is 6.86. The summed E-state index contributed by atoms with van der Waals surface area (Å²) in [5.41, 5.74) is 13.3. The minimum absolute atomic E-state index is 0.618. The molecule has 58 heavy (non-hydrogen) atoms. The quantitative estimate of drug-likeness (QED) is 0.122. The fraction of sp³-hybridized carbons (Fsp3) is 0.0357. The predicted molar refractivity (Wildman–Crippen MR) is 243 cm³/mol. The first-order valence-electron chi connectivity index (χ1n) is 19.8. The molecule has 8 aromatic rings. The molecule has 0 bridgehead atoms. The third-order valence-electron chi connectivity index (χ3n) is 11.1. The molecule has 0 spiro atoms. The summed E-state index contributed by atoms with van der Waals surface area (Å²) in [7, 11) is 0. The van der Waals surface area contributed by atoms with Crippen LogP contribution in [0.5, 0.6) is 11.5 Å². The Hall–Kier alpha value is -7.42. The number of rotatable bonds is 11. The second-order valence-electron chi connectivity index (χ2n) is 14.5. The molecule has 0 saturated heterocycles. The molecule has 0 fully saturated rings. The zero-order chi connectivity index (χ0) is 39.2. The fourth-order valence-electron chi connectivity index (χ4n) is 8.38. The number of fused-ring (bicyclic) bond motifs is 2. The van der Waals surface area contributed by atoms with Crippen molar-refractivity contribution in [2.75, 3.05) is 4.90 Å². The highest BCUT2D eigenvalue weighted by Gasteiger charge is 2.46. The lowest BCUT2D eigenvalue weighted by molar-refractivity contribution is 0.434. The maximum atomic E-state index is 6.61. The largest absolute Gasteiger partial charge is 0.457 e. The van der Waals surface area contributed by atoms with Crippen LogP contribution in [0.4, 0.5) is 17.1 Å². The van der Waals surface area contributed by atoms with Gasteiger partial charge in [0.1, 0.15) is 11.5 Å². The van der Waals surface area contributed by atoms with Crippen LogP contribution in [0.15, 0.2) is 243 Å². The van der Waals surface area contributed by atoms with Crippen molar-refractivity contribution in [3.05, 3.63) is 271 Å². The van der Waals surface area contributed by atoms with E-state index in [4.69, 9.17) is 4.74 Å². The van der Waals surface area contributed by atoms with Gasteiger partial charge in [0.15, 0.2) is 0 Å². The number of para-hydroxylation sites is 2. The molecular formula is C56H43NO. The summed E-state index contributed by atoms with van der Waals surface area (Å²) >= 11 is 0. The molecule has 0 radical (unpaired) electrons. The van der Waals surface area contributed by atoms with Crippen molar-refractivity contribution in [3.8, 4) is 33.8 Å². The number of hydrogen-bond donors (Lipinski definition) is 0. The van der Waals surface area contributed by atoms with Crippen molar-refractivity contribution in [3.63, 3.8) is 0 Å². The Bertz CT molecular complexity index is 2660. The summed E-state index contributed by atoms with van der Waals surface area (Å²) in [6.45, 7) is 3.76. The number of hydrogen-bond acceptors (Lipinski definition) is 2. The lowest BCUT2D eigenvalue weighted by atomic mass is 9.62. The standard InChI is InChI=1S/C56H43NO/c1-2-3-4-5-8-19-42-30-36-47(37-31-42)57(48-38-32-44(33-39-48)43-20-9-6-10-21-43)49-40-34-45(35-41-49)50-24-13-14-25-51(50)56(46-22-11-7-12-23-46)52-26-15-17-28-54(52)58-55-29-18-16-27-53(55)56/h2-18,20-41H,1,19H2/b4-3-,8-5-. The highest BCUT2D eigenvalue weighted by Crippen LogP contribution is 2.56. The van der Waals surface area contributed by atoms with Crippen LogP contribution in [0.25, 0.3) is 22.3 Å². The van der Waals surface area contributed by atoms with Crippen molar-refractivity contribution in [1.82, 2.24) is 0 Å². The Morgan fingerprint density at radius 3 is 1.52 bits per heavy atom. The Balaban J connectivity index is 1.15. The highest BCUT2D eigenvalue weighted by atomic mass is 16.5. The van der Waals surface area contributed by atoms with Gasteiger partial charge in [-0.2, -0.15) is 0 Å². The SMILES string of the molecule is C=C/C=C\C=C/Cc1ccc(N(c2ccc(-c3ccccc3)cc2)c2ccc(-c3ccccc3C3(c4ccccc4)c4ccccc4Oc4ccccc43)cc2)cc1. The number of ether oxygens (including phenoxy) is 1. The maximum absolute atomic E-state index is 6.61. The van der Waals surface area contributed by atoms with Crippen LogP contribution in [0.3, 0.4) is 0 Å². The van der Waals surface area contributed by atoms with Crippen molar-refractivity contribution in [1.29, 1.82) is 0 Å². The zero-order valence-corrected chi connectivity index (χ0v) is 32.3. The van der Waals surface area contributed by atoms with Crippen molar-refractivity contribution in [2.24, 2.45) is 0 Å². The molecule has 0 amide bonds. The van der Waals surface area contributed by atoms with Crippen LogP contribution < -0.4 is 9.64 Å². The van der Waals surface area contributed by atoms with E-state index in [1.165, 1.54) is 33.4 Å². The van der Waals surface area contributed by atoms with Gasteiger partial charge in [0.25, 0.3) is 0 Å². The fourth-order valence-corrected chi connectivity index (χ4v) is 8.38. The van der Waals surface area contributed by atoms with Gasteiger partial charge in [0.05, 0.1) is 5.41 Å². The van der Waals surface area contributed by atoms with E-state index in [9.17, 15) is 0 Å². The van der Waals surface area contributed by atoms with Gasteiger partial charge in [0, 0.05) is 28.2 Å². The monoisotopic (exact) mass is 745 g/mol. The molecule has 9 rings (SSSR count). The molecule has 8 aromatic carbocycles. The Labute approximate surface area is 342 Å². The summed E-state index contributed by atoms with van der Waals surface area (Å²) in [6.07, 6.45) is 10.8. The van der Waals surface area contributed by atoms with Gasteiger partial charge in [-0.25, -0.2) is 0 Å². The summed E-state index contributed by atoms with van der Waals surface area (Å²) in [5.74, 6) is 1.74. The average molecular weight is 746 g/mol. The van der Waals surface area contributed by atoms with E-state index in [2.05, 4.69) is 230 Å². The third-order valence-corrected chi connectivity index (χ3v) is 11.1. The Morgan fingerprint density at radius 2 is 0.914 bits per heavy atom. The second kappa shape index (κ2) is 16.4. The van der Waals surface area contributed by atoms with E-state index in [0.717, 1.165) is 51.7 Å². The summed E-state index contributed by atoms with van der Waals surface area (Å²) in [5, 5.41) is 0. The molecule has 0 atom stereocenters. The first-order chi connectivity index (χ1) is 28.7. The summed E-state index contributed by atoms with van der Waals surface area (Å²) in [6, 6.07) is 74.1. The van der Waals surface area contributed by atoms with E-state index < -0.39 is 5.41 Å². The minimum Gasteiger partial charge on any atom is -0.457 e. The van der Waals surface area contributed by atoms with Crippen LogP contribution in [0.1, 0.15) is 27.8 Å². The second-order valence-corrected chi connectivity index (χ2v) is 14.5. The van der Waals surface area contributed by atoms with Crippen LogP contribution >= 0.6 is 0 Å². The molecule has 1 heterocycles. The van der Waals surface area contributed by atoms with Crippen LogP contribution in [0, 0.1) is 0 Å². The topological polar surface area (TPSA) is 12.5 Å². The summed E-state index contributed by atoms with van der Waals surface area (Å²) in [4.78, 5) is 2.34. The van der Waals surface area contributed by atoms with Gasteiger partial charge < -0.3 is 9.64 Å². The molecule has 2 nitrogen and oxygen atoms in total. The van der Waals surface area contributed by atoms with Gasteiger partial charge in [0.2, 0.25) is 0 Å². The molecule has 2 heteroatoms. The molecule has 0 unspecified atom stereocenters. The van der Waals surface area contributed by atoms with Crippen molar-refractivity contribution < 1.29 is 4.74 Å².